The highest BCUT2D eigenvalue weighted by Crippen LogP contribution is 2.28. The predicted octanol–water partition coefficient (Wildman–Crippen LogP) is 3.91. The van der Waals surface area contributed by atoms with Gasteiger partial charge >= 0.3 is 5.69 Å². The van der Waals surface area contributed by atoms with E-state index in [1.54, 1.807) is 30.4 Å². The summed E-state index contributed by atoms with van der Waals surface area (Å²) < 4.78 is 17.9. The number of halogens is 1. The van der Waals surface area contributed by atoms with Gasteiger partial charge in [-0.3, -0.25) is 10.1 Å². The molecule has 0 saturated heterocycles. The zero-order chi connectivity index (χ0) is 14.5. The summed E-state index contributed by atoms with van der Waals surface area (Å²) in [6.07, 6.45) is 3.37. The Labute approximate surface area is 115 Å². The van der Waals surface area contributed by atoms with Crippen molar-refractivity contribution in [1.29, 1.82) is 0 Å². The van der Waals surface area contributed by atoms with Crippen LogP contribution in [0.5, 0.6) is 5.75 Å². The third-order valence-electron chi connectivity index (χ3n) is 2.72. The van der Waals surface area contributed by atoms with Crippen LogP contribution in [0.3, 0.4) is 0 Å². The summed E-state index contributed by atoms with van der Waals surface area (Å²) in [5.74, 6) is -0.120. The molecule has 2 aromatic carbocycles. The molecule has 0 saturated carbocycles. The number of nitrogens with zero attached hydrogens (tertiary/aromatic N) is 1. The SMILES string of the molecule is COc1ccc(/C=C/c2cccc(F)c2)cc1[N+](=O)[O-]. The third-order valence-corrected chi connectivity index (χ3v) is 2.72. The van der Waals surface area contributed by atoms with Crippen molar-refractivity contribution >= 4 is 17.8 Å². The van der Waals surface area contributed by atoms with Gasteiger partial charge in [-0.25, -0.2) is 4.39 Å². The quantitative estimate of drug-likeness (QED) is 0.482. The summed E-state index contributed by atoms with van der Waals surface area (Å²) in [4.78, 5) is 10.4. The number of benzene rings is 2. The van der Waals surface area contributed by atoms with E-state index in [0.717, 1.165) is 0 Å². The van der Waals surface area contributed by atoms with Crippen LogP contribution in [-0.2, 0) is 0 Å². The van der Waals surface area contributed by atoms with Crippen LogP contribution in [0, 0.1) is 15.9 Å². The van der Waals surface area contributed by atoms with Crippen LogP contribution in [-0.4, -0.2) is 12.0 Å². The smallest absolute Gasteiger partial charge is 0.311 e. The average molecular weight is 273 g/mol. The zero-order valence-corrected chi connectivity index (χ0v) is 10.7. The molecule has 0 aliphatic rings. The van der Waals surface area contributed by atoms with Gasteiger partial charge in [-0.2, -0.15) is 0 Å². The van der Waals surface area contributed by atoms with E-state index in [1.807, 2.05) is 0 Å². The van der Waals surface area contributed by atoms with Gasteiger partial charge in [0, 0.05) is 6.07 Å². The molecular formula is C15H12FNO3. The maximum absolute atomic E-state index is 13.0. The van der Waals surface area contributed by atoms with Gasteiger partial charge in [-0.1, -0.05) is 30.4 Å². The van der Waals surface area contributed by atoms with Crippen molar-refractivity contribution in [3.8, 4) is 5.75 Å². The van der Waals surface area contributed by atoms with E-state index in [-0.39, 0.29) is 17.3 Å². The van der Waals surface area contributed by atoms with E-state index in [4.69, 9.17) is 4.74 Å². The second-order valence-corrected chi connectivity index (χ2v) is 4.08. The molecule has 0 unspecified atom stereocenters. The van der Waals surface area contributed by atoms with Crippen LogP contribution in [0.25, 0.3) is 12.2 Å². The van der Waals surface area contributed by atoms with Gasteiger partial charge < -0.3 is 4.74 Å². The van der Waals surface area contributed by atoms with Gasteiger partial charge in [0.15, 0.2) is 5.75 Å². The molecule has 0 N–H and O–H groups in total. The second-order valence-electron chi connectivity index (χ2n) is 4.08. The lowest BCUT2D eigenvalue weighted by molar-refractivity contribution is -0.385. The molecule has 0 atom stereocenters. The summed E-state index contributed by atoms with van der Waals surface area (Å²) in [7, 11) is 1.38. The van der Waals surface area contributed by atoms with Gasteiger partial charge in [0.2, 0.25) is 0 Å². The lowest BCUT2D eigenvalue weighted by atomic mass is 10.1. The highest BCUT2D eigenvalue weighted by molar-refractivity contribution is 5.71. The standard InChI is InChI=1S/C15H12FNO3/c1-20-15-8-7-12(10-14(15)17(18)19)6-5-11-3-2-4-13(16)9-11/h2-10H,1H3/b6-5+. The molecule has 0 radical (unpaired) electrons. The molecule has 0 aliphatic carbocycles. The Kier molecular flexibility index (Phi) is 4.10. The van der Waals surface area contributed by atoms with E-state index in [0.29, 0.717) is 11.1 Å². The first kappa shape index (κ1) is 13.7. The molecule has 5 heteroatoms. The van der Waals surface area contributed by atoms with Crippen molar-refractivity contribution in [2.75, 3.05) is 7.11 Å². The Bertz CT molecular complexity index is 668. The predicted molar refractivity (Wildman–Crippen MR) is 75.0 cm³/mol. The van der Waals surface area contributed by atoms with Gasteiger partial charge in [0.25, 0.3) is 0 Å². The van der Waals surface area contributed by atoms with E-state index >= 15 is 0 Å². The minimum absolute atomic E-state index is 0.103. The van der Waals surface area contributed by atoms with Crippen molar-refractivity contribution in [1.82, 2.24) is 0 Å². The Balaban J connectivity index is 2.30. The van der Waals surface area contributed by atoms with Gasteiger partial charge in [0.1, 0.15) is 5.82 Å². The molecule has 2 rings (SSSR count). The summed E-state index contributed by atoms with van der Waals surface area (Å²) in [5.41, 5.74) is 1.22. The van der Waals surface area contributed by atoms with Crippen LogP contribution in [0.4, 0.5) is 10.1 Å². The monoisotopic (exact) mass is 273 g/mol. The first-order valence-electron chi connectivity index (χ1n) is 5.86. The highest BCUT2D eigenvalue weighted by atomic mass is 19.1. The van der Waals surface area contributed by atoms with E-state index < -0.39 is 4.92 Å². The lowest BCUT2D eigenvalue weighted by Crippen LogP contribution is -1.93. The Hall–Kier alpha value is -2.69. The fraction of sp³-hybridized carbons (Fsp3) is 0.0667. The summed E-state index contributed by atoms with van der Waals surface area (Å²) in [5, 5.41) is 10.9. The molecule has 4 nitrogen and oxygen atoms in total. The van der Waals surface area contributed by atoms with E-state index in [9.17, 15) is 14.5 Å². The Morgan fingerprint density at radius 2 is 1.85 bits per heavy atom. The molecule has 0 heterocycles. The summed E-state index contributed by atoms with van der Waals surface area (Å²) >= 11 is 0. The molecule has 0 bridgehead atoms. The molecule has 0 aromatic heterocycles. The van der Waals surface area contributed by atoms with Crippen LogP contribution in [0.1, 0.15) is 11.1 Å². The van der Waals surface area contributed by atoms with Gasteiger partial charge in [0.05, 0.1) is 12.0 Å². The molecule has 0 amide bonds. The van der Waals surface area contributed by atoms with Crippen molar-refractivity contribution in [2.45, 2.75) is 0 Å². The first-order chi connectivity index (χ1) is 9.60. The molecule has 102 valence electrons. The van der Waals surface area contributed by atoms with Crippen LogP contribution < -0.4 is 4.74 Å². The maximum Gasteiger partial charge on any atom is 0.311 e. The normalized spacial score (nSPS) is 10.7. The first-order valence-corrected chi connectivity index (χ1v) is 5.86. The minimum atomic E-state index is -0.502. The van der Waals surface area contributed by atoms with Crippen LogP contribution >= 0.6 is 0 Å². The topological polar surface area (TPSA) is 52.4 Å². The van der Waals surface area contributed by atoms with Crippen molar-refractivity contribution < 1.29 is 14.1 Å². The number of nitro benzene ring substituents is 1. The molecule has 20 heavy (non-hydrogen) atoms. The number of rotatable bonds is 4. The van der Waals surface area contributed by atoms with E-state index in [1.165, 1.54) is 31.4 Å². The molecule has 0 fully saturated rings. The van der Waals surface area contributed by atoms with E-state index in [2.05, 4.69) is 0 Å². The van der Waals surface area contributed by atoms with Gasteiger partial charge in [-0.05, 0) is 29.3 Å². The van der Waals surface area contributed by atoms with Crippen molar-refractivity contribution in [3.63, 3.8) is 0 Å². The number of methoxy groups -OCH3 is 1. The fourth-order valence-electron chi connectivity index (χ4n) is 1.76. The summed E-state index contributed by atoms with van der Waals surface area (Å²) in [6.45, 7) is 0. The largest absolute Gasteiger partial charge is 0.490 e. The second kappa shape index (κ2) is 5.97. The van der Waals surface area contributed by atoms with Crippen LogP contribution in [0.15, 0.2) is 42.5 Å². The lowest BCUT2D eigenvalue weighted by Gasteiger charge is -2.02. The highest BCUT2D eigenvalue weighted by Gasteiger charge is 2.14. The Morgan fingerprint density at radius 1 is 1.15 bits per heavy atom. The van der Waals surface area contributed by atoms with Gasteiger partial charge in [-0.15, -0.1) is 0 Å². The number of hydrogen-bond acceptors (Lipinski definition) is 3. The Morgan fingerprint density at radius 3 is 2.45 bits per heavy atom. The van der Waals surface area contributed by atoms with Crippen molar-refractivity contribution in [2.24, 2.45) is 0 Å². The molecule has 2 aromatic rings. The maximum atomic E-state index is 13.0. The van der Waals surface area contributed by atoms with Crippen molar-refractivity contribution in [3.05, 3.63) is 69.5 Å². The fourth-order valence-corrected chi connectivity index (χ4v) is 1.76. The minimum Gasteiger partial charge on any atom is -0.490 e. The average Bonchev–Trinajstić information content (AvgIpc) is 2.45. The number of nitro groups is 1. The molecular weight excluding hydrogens is 261 g/mol. The van der Waals surface area contributed by atoms with Crippen LogP contribution in [0.2, 0.25) is 0 Å². The summed E-state index contributed by atoms with van der Waals surface area (Å²) in [6, 6.07) is 10.7. The molecule has 0 spiro atoms. The number of ether oxygens (including phenoxy) is 1. The third kappa shape index (κ3) is 3.20. The number of hydrogen-bond donors (Lipinski definition) is 0. The molecule has 0 aliphatic heterocycles. The zero-order valence-electron chi connectivity index (χ0n) is 10.7.